The summed E-state index contributed by atoms with van der Waals surface area (Å²) in [7, 11) is 0. The molecule has 0 aliphatic rings. The van der Waals surface area contributed by atoms with E-state index in [1.807, 2.05) is 26.0 Å². The van der Waals surface area contributed by atoms with Gasteiger partial charge in [-0.3, -0.25) is 11.1 Å². The van der Waals surface area contributed by atoms with E-state index >= 15 is 0 Å². The zero-order valence-electron chi connectivity index (χ0n) is 19.5. The first-order valence-electron chi connectivity index (χ1n) is 9.53. The number of benzene rings is 1. The Bertz CT molecular complexity index is 596. The monoisotopic (exact) mass is 938 g/mol. The van der Waals surface area contributed by atoms with Crippen molar-refractivity contribution in [3.8, 4) is 5.75 Å². The van der Waals surface area contributed by atoms with Gasteiger partial charge in [-0.2, -0.15) is 31.7 Å². The van der Waals surface area contributed by atoms with E-state index in [0.29, 0.717) is 6.42 Å². The zero-order chi connectivity index (χ0) is 21.9. The summed E-state index contributed by atoms with van der Waals surface area (Å²) in [5.74, 6) is 1.30. The summed E-state index contributed by atoms with van der Waals surface area (Å²) < 4.78 is 4.82. The average molecular weight is 938 g/mol. The Morgan fingerprint density at radius 3 is 1.97 bits per heavy atom. The molecule has 4 nitrogen and oxygen atoms in total. The standard InChI is InChI=1S/C10H9O3.C8H16.C6H9O.3W/c1-7-3-4-9(6-11)10(5-7)13-8(2)12;1-5-7(3)8(4)6-2;1-2-3-4-5-6-7;;;/h3-5H,1-2H3;5-8H,1-4H3;3-4H,2,5H2,1H3;;;/q-1;-2;-1;;2*+2/b;;4-3-;;;. The second-order valence-electron chi connectivity index (χ2n) is 6.31. The fourth-order valence-corrected chi connectivity index (χ4v) is 1.86. The minimum absolute atomic E-state index is 0. The summed E-state index contributed by atoms with van der Waals surface area (Å²) in [5, 5.41) is 0. The Morgan fingerprint density at radius 1 is 1.10 bits per heavy atom. The number of ether oxygens (including phenoxy) is 1. The molecule has 0 aliphatic carbocycles. The van der Waals surface area contributed by atoms with E-state index < -0.39 is 5.97 Å². The summed E-state index contributed by atoms with van der Waals surface area (Å²) in [6, 6.07) is 4.95. The Morgan fingerprint density at radius 2 is 1.61 bits per heavy atom. The third-order valence-electron chi connectivity index (χ3n) is 3.99. The number of rotatable bonds is 8. The third-order valence-corrected chi connectivity index (χ3v) is 3.99. The van der Waals surface area contributed by atoms with Crippen molar-refractivity contribution < 1.29 is 82.3 Å². The maximum Gasteiger partial charge on any atom is 2.00 e. The minimum Gasteiger partial charge on any atom is -0.541 e. The van der Waals surface area contributed by atoms with Gasteiger partial charge < -0.3 is 27.2 Å². The van der Waals surface area contributed by atoms with Crippen LogP contribution in [0.2, 0.25) is 0 Å². The first-order chi connectivity index (χ1) is 13.3. The van der Waals surface area contributed by atoms with Gasteiger partial charge in [0.25, 0.3) is 5.97 Å². The molecule has 0 N–H and O–H groups in total. The van der Waals surface area contributed by atoms with Gasteiger partial charge in [0.05, 0.1) is 6.29 Å². The smallest absolute Gasteiger partial charge is 0.541 e. The second-order valence-corrected chi connectivity index (χ2v) is 6.31. The van der Waals surface area contributed by atoms with E-state index in [9.17, 15) is 14.4 Å². The largest absolute Gasteiger partial charge is 2.00 e. The van der Waals surface area contributed by atoms with Crippen LogP contribution in [0.1, 0.15) is 65.5 Å². The van der Waals surface area contributed by atoms with Gasteiger partial charge in [-0.05, 0) is 13.3 Å². The normalized spacial score (nSPS) is 10.8. The molecule has 0 spiro atoms. The fraction of sp³-hybridized carbons (Fsp3) is 0.458. The zero-order valence-corrected chi connectivity index (χ0v) is 28.3. The molecule has 0 bridgehead atoms. The van der Waals surface area contributed by atoms with Crippen LogP contribution < -0.4 is 4.74 Å². The molecule has 0 radical (unpaired) electrons. The van der Waals surface area contributed by atoms with Crippen molar-refractivity contribution in [3.63, 3.8) is 0 Å². The number of aryl methyl sites for hydroxylation is 1. The molecule has 7 heteroatoms. The van der Waals surface area contributed by atoms with Crippen LogP contribution in [0.25, 0.3) is 0 Å². The number of carbonyl (C=O) groups is 1. The van der Waals surface area contributed by atoms with Crippen molar-refractivity contribution in [3.05, 3.63) is 54.3 Å². The Kier molecular flexibility index (Phi) is 37.0. The van der Waals surface area contributed by atoms with Gasteiger partial charge >= 0.3 is 42.1 Å². The summed E-state index contributed by atoms with van der Waals surface area (Å²) in [5.41, 5.74) is 1.19. The van der Waals surface area contributed by atoms with E-state index in [1.165, 1.54) is 6.92 Å². The molecule has 1 aromatic carbocycles. The van der Waals surface area contributed by atoms with Crippen LogP contribution >= 0.6 is 0 Å². The quantitative estimate of drug-likeness (QED) is 0.149. The van der Waals surface area contributed by atoms with Crippen molar-refractivity contribution in [1.29, 1.82) is 0 Å². The molecule has 0 saturated heterocycles. The first-order valence-corrected chi connectivity index (χ1v) is 9.53. The number of esters is 1. The summed E-state index contributed by atoms with van der Waals surface area (Å²) in [4.78, 5) is 30.5. The van der Waals surface area contributed by atoms with Gasteiger partial charge in [0.2, 0.25) is 0 Å². The fourth-order valence-electron chi connectivity index (χ4n) is 1.86. The van der Waals surface area contributed by atoms with Crippen molar-refractivity contribution in [2.24, 2.45) is 11.8 Å². The predicted molar refractivity (Wildman–Crippen MR) is 115 cm³/mol. The summed E-state index contributed by atoms with van der Waals surface area (Å²) in [6.07, 6.45) is 13.1. The molecule has 0 aromatic heterocycles. The molecule has 1 aromatic rings. The number of allylic oxidation sites excluding steroid dienone is 2. The van der Waals surface area contributed by atoms with Crippen LogP contribution in [0.5, 0.6) is 5.75 Å². The Balaban J connectivity index is -0.000000111. The van der Waals surface area contributed by atoms with Gasteiger partial charge in [-0.25, -0.2) is 0 Å². The van der Waals surface area contributed by atoms with Crippen LogP contribution in [0.4, 0.5) is 0 Å². The first kappa shape index (κ1) is 41.1. The minimum atomic E-state index is -0.443. The van der Waals surface area contributed by atoms with E-state index in [0.717, 1.165) is 23.8 Å². The van der Waals surface area contributed by atoms with Crippen molar-refractivity contribution in [1.82, 2.24) is 0 Å². The van der Waals surface area contributed by atoms with Crippen molar-refractivity contribution >= 4 is 18.5 Å². The maximum atomic E-state index is 10.6. The van der Waals surface area contributed by atoms with E-state index in [1.54, 1.807) is 30.8 Å². The second kappa shape index (κ2) is 27.9. The molecule has 1 rings (SSSR count). The molecule has 0 saturated carbocycles. The molecule has 2 atom stereocenters. The van der Waals surface area contributed by atoms with Crippen LogP contribution in [-0.2, 0) is 77.6 Å². The van der Waals surface area contributed by atoms with Gasteiger partial charge in [-0.1, -0.05) is 38.5 Å². The number of hydrogen-bond acceptors (Lipinski definition) is 4. The molecular formula is C24H34O4W3. The van der Waals surface area contributed by atoms with Crippen LogP contribution in [-0.4, -0.2) is 18.5 Å². The molecular weight excluding hydrogens is 904 g/mol. The molecule has 31 heavy (non-hydrogen) atoms. The molecule has 0 aliphatic heterocycles. The van der Waals surface area contributed by atoms with Crippen molar-refractivity contribution in [2.45, 2.75) is 61.3 Å². The van der Waals surface area contributed by atoms with Crippen molar-refractivity contribution in [2.75, 3.05) is 0 Å². The molecule has 2 unspecified atom stereocenters. The van der Waals surface area contributed by atoms with E-state index in [4.69, 9.17) is 4.74 Å². The topological polar surface area (TPSA) is 60.4 Å². The van der Waals surface area contributed by atoms with Crippen LogP contribution in [0.15, 0.2) is 30.4 Å². The third kappa shape index (κ3) is 24.3. The van der Waals surface area contributed by atoms with E-state index in [-0.39, 0.29) is 74.5 Å². The average Bonchev–Trinajstić information content (AvgIpc) is 2.68. The molecule has 172 valence electrons. The number of hydrogen-bond donors (Lipinski definition) is 0. The molecule has 0 amide bonds. The van der Waals surface area contributed by atoms with Gasteiger partial charge in [0.15, 0.2) is 0 Å². The molecule has 0 heterocycles. The van der Waals surface area contributed by atoms with E-state index in [2.05, 4.69) is 40.5 Å². The number of carbonyl (C=O) groups excluding carboxylic acids is 3. The Hall–Kier alpha value is -0.165. The molecule has 0 fully saturated rings. The van der Waals surface area contributed by atoms with Gasteiger partial charge in [0, 0.05) is 33.7 Å². The summed E-state index contributed by atoms with van der Waals surface area (Å²) in [6.45, 7) is 13.9. The van der Waals surface area contributed by atoms with Crippen LogP contribution in [0, 0.1) is 31.6 Å². The van der Waals surface area contributed by atoms with Gasteiger partial charge in [-0.15, -0.1) is 24.1 Å². The SMILES string of the molecule is CC(=O)Oc1cc(C)ccc1[C-]=O.CC/C=C\C[C-]=O.C[CH-]C(C)C(C)[CH-]C.[W+2].[W+2].[W]. The summed E-state index contributed by atoms with van der Waals surface area (Å²) >= 11 is 0. The Labute approximate surface area is 232 Å². The van der Waals surface area contributed by atoms with Gasteiger partial charge in [0.1, 0.15) is 0 Å². The van der Waals surface area contributed by atoms with Crippen LogP contribution in [0.3, 0.4) is 0 Å². The maximum absolute atomic E-state index is 10.6. The predicted octanol–water partition coefficient (Wildman–Crippen LogP) is 5.53.